The Hall–Kier alpha value is -2.11. The van der Waals surface area contributed by atoms with Crippen LogP contribution in [0, 0.1) is 5.82 Å². The Kier molecular flexibility index (Phi) is 5.78. The van der Waals surface area contributed by atoms with Crippen LogP contribution in [-0.2, 0) is 11.3 Å². The smallest absolute Gasteiger partial charge is 0.315 e. The van der Waals surface area contributed by atoms with Crippen molar-refractivity contribution in [1.82, 2.24) is 10.6 Å². The molecule has 0 fully saturated rings. The molecule has 1 aromatic rings. The molecule has 2 amide bonds. The van der Waals surface area contributed by atoms with Gasteiger partial charge in [-0.2, -0.15) is 0 Å². The van der Waals surface area contributed by atoms with Crippen molar-refractivity contribution >= 4 is 12.0 Å². The standard InChI is InChI=1S/C13H17FN2O3/c1-9(2-7-12(17)18)16-13(19)15-8-10-3-5-11(14)6-4-10/h3-6,9H,2,7-8H2,1H3,(H,17,18)(H2,15,16,19). The van der Waals surface area contributed by atoms with Gasteiger partial charge < -0.3 is 15.7 Å². The van der Waals surface area contributed by atoms with E-state index in [1.165, 1.54) is 12.1 Å². The van der Waals surface area contributed by atoms with Crippen LogP contribution in [0.2, 0.25) is 0 Å². The molecule has 6 heteroatoms. The first-order chi connectivity index (χ1) is 8.97. The molecule has 0 spiro atoms. The second kappa shape index (κ2) is 7.35. The summed E-state index contributed by atoms with van der Waals surface area (Å²) in [4.78, 5) is 21.9. The van der Waals surface area contributed by atoms with Crippen molar-refractivity contribution in [3.8, 4) is 0 Å². The van der Waals surface area contributed by atoms with Crippen molar-refractivity contribution in [2.24, 2.45) is 0 Å². The van der Waals surface area contributed by atoms with Crippen LogP contribution in [0.4, 0.5) is 9.18 Å². The first-order valence-corrected chi connectivity index (χ1v) is 5.98. The van der Waals surface area contributed by atoms with E-state index in [-0.39, 0.29) is 30.9 Å². The summed E-state index contributed by atoms with van der Waals surface area (Å²) in [7, 11) is 0. The maximum absolute atomic E-state index is 12.7. The predicted octanol–water partition coefficient (Wildman–Crippen LogP) is 1.88. The normalized spacial score (nSPS) is 11.7. The Labute approximate surface area is 110 Å². The molecule has 1 aromatic carbocycles. The molecule has 1 unspecified atom stereocenters. The zero-order valence-corrected chi connectivity index (χ0v) is 10.6. The van der Waals surface area contributed by atoms with E-state index in [0.717, 1.165) is 5.56 Å². The van der Waals surface area contributed by atoms with Crippen molar-refractivity contribution in [2.45, 2.75) is 32.4 Å². The molecule has 0 aromatic heterocycles. The molecule has 0 radical (unpaired) electrons. The highest BCUT2D eigenvalue weighted by molar-refractivity contribution is 5.74. The third kappa shape index (κ3) is 6.40. The lowest BCUT2D eigenvalue weighted by atomic mass is 10.2. The molecule has 0 aliphatic carbocycles. The summed E-state index contributed by atoms with van der Waals surface area (Å²) in [6, 6.07) is 5.23. The number of carbonyl (C=O) groups excluding carboxylic acids is 1. The second-order valence-electron chi connectivity index (χ2n) is 4.29. The number of hydrogen-bond donors (Lipinski definition) is 3. The van der Waals surface area contributed by atoms with Crippen molar-refractivity contribution < 1.29 is 19.1 Å². The van der Waals surface area contributed by atoms with Gasteiger partial charge >= 0.3 is 12.0 Å². The first kappa shape index (κ1) is 14.9. The minimum atomic E-state index is -0.889. The van der Waals surface area contributed by atoms with E-state index in [1.54, 1.807) is 19.1 Å². The lowest BCUT2D eigenvalue weighted by Crippen LogP contribution is -2.40. The fourth-order valence-electron chi connectivity index (χ4n) is 1.47. The molecule has 0 bridgehead atoms. The van der Waals surface area contributed by atoms with Gasteiger partial charge in [0.15, 0.2) is 0 Å². The molecule has 3 N–H and O–H groups in total. The minimum absolute atomic E-state index is 0.0133. The van der Waals surface area contributed by atoms with Crippen LogP contribution in [0.3, 0.4) is 0 Å². The van der Waals surface area contributed by atoms with Crippen LogP contribution in [0.1, 0.15) is 25.3 Å². The summed E-state index contributed by atoms with van der Waals surface area (Å²) >= 11 is 0. The molecule has 1 atom stereocenters. The van der Waals surface area contributed by atoms with Crippen LogP contribution >= 0.6 is 0 Å². The molecule has 1 rings (SSSR count). The molecule has 0 saturated carbocycles. The average Bonchev–Trinajstić information content (AvgIpc) is 2.36. The number of urea groups is 1. The SMILES string of the molecule is CC(CCC(=O)O)NC(=O)NCc1ccc(F)cc1. The highest BCUT2D eigenvalue weighted by atomic mass is 19.1. The molecule has 0 heterocycles. The van der Waals surface area contributed by atoms with Gasteiger partial charge in [0.05, 0.1) is 0 Å². The monoisotopic (exact) mass is 268 g/mol. The van der Waals surface area contributed by atoms with E-state index >= 15 is 0 Å². The second-order valence-corrected chi connectivity index (χ2v) is 4.29. The third-order valence-electron chi connectivity index (χ3n) is 2.54. The first-order valence-electron chi connectivity index (χ1n) is 5.98. The summed E-state index contributed by atoms with van der Waals surface area (Å²) in [5, 5.41) is 13.8. The van der Waals surface area contributed by atoms with E-state index < -0.39 is 5.97 Å². The quantitative estimate of drug-likeness (QED) is 0.737. The number of carboxylic acid groups (broad SMARTS) is 1. The van der Waals surface area contributed by atoms with E-state index in [0.29, 0.717) is 6.42 Å². The van der Waals surface area contributed by atoms with E-state index in [1.807, 2.05) is 0 Å². The molecular weight excluding hydrogens is 251 g/mol. The fourth-order valence-corrected chi connectivity index (χ4v) is 1.47. The third-order valence-corrected chi connectivity index (χ3v) is 2.54. The van der Waals surface area contributed by atoms with Gasteiger partial charge in [-0.25, -0.2) is 9.18 Å². The van der Waals surface area contributed by atoms with Crippen molar-refractivity contribution in [3.05, 3.63) is 35.6 Å². The topological polar surface area (TPSA) is 78.4 Å². The van der Waals surface area contributed by atoms with Gasteiger partial charge in [-0.1, -0.05) is 12.1 Å². The summed E-state index contributed by atoms with van der Waals surface area (Å²) < 4.78 is 12.7. The Morgan fingerprint density at radius 3 is 2.53 bits per heavy atom. The molecule has 0 aliphatic heterocycles. The van der Waals surface area contributed by atoms with Crippen LogP contribution in [0.15, 0.2) is 24.3 Å². The summed E-state index contributed by atoms with van der Waals surface area (Å²) in [6.45, 7) is 2.03. The van der Waals surface area contributed by atoms with Gasteiger partial charge in [-0.3, -0.25) is 4.79 Å². The van der Waals surface area contributed by atoms with Crippen LogP contribution in [0.5, 0.6) is 0 Å². The summed E-state index contributed by atoms with van der Waals surface area (Å²) in [6.07, 6.45) is 0.388. The predicted molar refractivity (Wildman–Crippen MR) is 68.1 cm³/mol. The molecule has 19 heavy (non-hydrogen) atoms. The number of rotatable bonds is 6. The zero-order valence-electron chi connectivity index (χ0n) is 10.6. The fraction of sp³-hybridized carbons (Fsp3) is 0.385. The number of hydrogen-bond acceptors (Lipinski definition) is 2. The Morgan fingerprint density at radius 1 is 1.32 bits per heavy atom. The lowest BCUT2D eigenvalue weighted by Gasteiger charge is -2.13. The van der Waals surface area contributed by atoms with Crippen molar-refractivity contribution in [1.29, 1.82) is 0 Å². The number of aliphatic carboxylic acids is 1. The van der Waals surface area contributed by atoms with Gasteiger partial charge in [-0.15, -0.1) is 0 Å². The highest BCUT2D eigenvalue weighted by Crippen LogP contribution is 2.02. The maximum atomic E-state index is 12.7. The Morgan fingerprint density at radius 2 is 1.95 bits per heavy atom. The summed E-state index contributed by atoms with van der Waals surface area (Å²) in [5.41, 5.74) is 0.787. The number of halogens is 1. The van der Waals surface area contributed by atoms with Gasteiger partial charge in [0.1, 0.15) is 5.82 Å². The molecule has 5 nitrogen and oxygen atoms in total. The molecule has 0 saturated heterocycles. The van der Waals surface area contributed by atoms with Crippen LogP contribution in [-0.4, -0.2) is 23.1 Å². The average molecular weight is 268 g/mol. The Balaban J connectivity index is 2.27. The molecule has 0 aliphatic rings. The highest BCUT2D eigenvalue weighted by Gasteiger charge is 2.08. The number of carboxylic acids is 1. The van der Waals surface area contributed by atoms with Crippen molar-refractivity contribution in [2.75, 3.05) is 0 Å². The number of carbonyl (C=O) groups is 2. The zero-order chi connectivity index (χ0) is 14.3. The van der Waals surface area contributed by atoms with Gasteiger partial charge in [0.2, 0.25) is 0 Å². The van der Waals surface area contributed by atoms with E-state index in [9.17, 15) is 14.0 Å². The summed E-state index contributed by atoms with van der Waals surface area (Å²) in [5.74, 6) is -1.21. The lowest BCUT2D eigenvalue weighted by molar-refractivity contribution is -0.137. The largest absolute Gasteiger partial charge is 0.481 e. The van der Waals surface area contributed by atoms with Crippen molar-refractivity contribution in [3.63, 3.8) is 0 Å². The number of benzene rings is 1. The van der Waals surface area contributed by atoms with E-state index in [2.05, 4.69) is 10.6 Å². The maximum Gasteiger partial charge on any atom is 0.315 e. The Bertz CT molecular complexity index is 434. The van der Waals surface area contributed by atoms with Gasteiger partial charge in [0, 0.05) is 19.0 Å². The molecule has 104 valence electrons. The van der Waals surface area contributed by atoms with Crippen LogP contribution in [0.25, 0.3) is 0 Å². The van der Waals surface area contributed by atoms with E-state index in [4.69, 9.17) is 5.11 Å². The number of nitrogens with one attached hydrogen (secondary N) is 2. The van der Waals surface area contributed by atoms with Gasteiger partial charge in [-0.05, 0) is 31.0 Å². The van der Waals surface area contributed by atoms with Gasteiger partial charge in [0.25, 0.3) is 0 Å². The molecular formula is C13H17FN2O3. The van der Waals surface area contributed by atoms with Crippen LogP contribution < -0.4 is 10.6 Å². The number of amides is 2. The minimum Gasteiger partial charge on any atom is -0.481 e.